The Kier molecular flexibility index (Phi) is 4.69. The highest BCUT2D eigenvalue weighted by molar-refractivity contribution is 7.91. The van der Waals surface area contributed by atoms with Gasteiger partial charge in [0.15, 0.2) is 0 Å². The summed E-state index contributed by atoms with van der Waals surface area (Å²) in [6.45, 7) is 3.13. The number of halogens is 1. The van der Waals surface area contributed by atoms with Gasteiger partial charge in [-0.3, -0.25) is 0 Å². The predicted octanol–water partition coefficient (Wildman–Crippen LogP) is 4.56. The van der Waals surface area contributed by atoms with Crippen molar-refractivity contribution in [2.24, 2.45) is 0 Å². The van der Waals surface area contributed by atoms with Gasteiger partial charge in [-0.25, -0.2) is 8.42 Å². The molecule has 0 aliphatic carbocycles. The summed E-state index contributed by atoms with van der Waals surface area (Å²) in [6, 6.07) is 14.7. The van der Waals surface area contributed by atoms with E-state index < -0.39 is 10.0 Å². The standard InChI is InChI=1S/C19H19ClN2O2S2/c1-2-16-9-10-18(25-16)26(23,24)22-13-12-21-11-3-4-17(21)19(22)14-5-7-15(20)8-6-14/h3-11,19H,2,12-13H2,1H3/t19-/m0/s1. The highest BCUT2D eigenvalue weighted by Gasteiger charge is 2.38. The Morgan fingerprint density at radius 2 is 1.88 bits per heavy atom. The maximum atomic E-state index is 13.4. The zero-order chi connectivity index (χ0) is 18.3. The third-order valence-electron chi connectivity index (χ3n) is 4.73. The van der Waals surface area contributed by atoms with Crippen molar-refractivity contribution in [3.63, 3.8) is 0 Å². The monoisotopic (exact) mass is 406 g/mol. The molecule has 0 fully saturated rings. The van der Waals surface area contributed by atoms with Gasteiger partial charge in [0, 0.05) is 34.9 Å². The van der Waals surface area contributed by atoms with Gasteiger partial charge in [-0.05, 0) is 48.4 Å². The summed E-state index contributed by atoms with van der Waals surface area (Å²) in [5.74, 6) is 0. The van der Waals surface area contributed by atoms with Gasteiger partial charge in [-0.2, -0.15) is 4.31 Å². The number of rotatable bonds is 4. The Bertz CT molecular complexity index is 1020. The van der Waals surface area contributed by atoms with Crippen LogP contribution in [-0.4, -0.2) is 23.8 Å². The highest BCUT2D eigenvalue weighted by Crippen LogP contribution is 2.38. The van der Waals surface area contributed by atoms with Crippen LogP contribution in [0.1, 0.15) is 29.1 Å². The van der Waals surface area contributed by atoms with Gasteiger partial charge >= 0.3 is 0 Å². The van der Waals surface area contributed by atoms with E-state index in [1.165, 1.54) is 11.3 Å². The zero-order valence-electron chi connectivity index (χ0n) is 14.3. The van der Waals surface area contributed by atoms with E-state index in [1.807, 2.05) is 55.6 Å². The molecular formula is C19H19ClN2O2S2. The third-order valence-corrected chi connectivity index (χ3v) is 8.54. The number of thiophene rings is 1. The summed E-state index contributed by atoms with van der Waals surface area (Å²) in [4.78, 5) is 1.08. The second-order valence-electron chi connectivity index (χ2n) is 6.27. The maximum absolute atomic E-state index is 13.4. The number of fused-ring (bicyclic) bond motifs is 1. The fourth-order valence-electron chi connectivity index (χ4n) is 3.41. The minimum absolute atomic E-state index is 0.354. The van der Waals surface area contributed by atoms with Crippen molar-refractivity contribution < 1.29 is 8.42 Å². The molecule has 0 spiro atoms. The molecule has 0 radical (unpaired) electrons. The quantitative estimate of drug-likeness (QED) is 0.637. The summed E-state index contributed by atoms with van der Waals surface area (Å²) in [5.41, 5.74) is 1.90. The van der Waals surface area contributed by atoms with Gasteiger partial charge < -0.3 is 4.57 Å². The lowest BCUT2D eigenvalue weighted by Crippen LogP contribution is -2.42. The van der Waals surface area contributed by atoms with Crippen LogP contribution in [0.2, 0.25) is 5.02 Å². The first kappa shape index (κ1) is 17.8. The molecule has 1 atom stereocenters. The lowest BCUT2D eigenvalue weighted by atomic mass is 10.0. The molecule has 0 saturated carbocycles. The largest absolute Gasteiger partial charge is 0.348 e. The van der Waals surface area contributed by atoms with Crippen LogP contribution in [0, 0.1) is 0 Å². The van der Waals surface area contributed by atoms with Crippen molar-refractivity contribution >= 4 is 33.0 Å². The molecule has 7 heteroatoms. The maximum Gasteiger partial charge on any atom is 0.253 e. The van der Waals surface area contributed by atoms with Crippen molar-refractivity contribution in [2.45, 2.75) is 30.1 Å². The fourth-order valence-corrected chi connectivity index (χ4v) is 6.54. The molecule has 2 aromatic heterocycles. The fraction of sp³-hybridized carbons (Fsp3) is 0.263. The van der Waals surface area contributed by atoms with Crippen LogP contribution in [-0.2, 0) is 23.0 Å². The molecule has 1 aliphatic heterocycles. The van der Waals surface area contributed by atoms with Gasteiger partial charge in [0.1, 0.15) is 4.21 Å². The lowest BCUT2D eigenvalue weighted by molar-refractivity contribution is 0.299. The number of sulfonamides is 1. The van der Waals surface area contributed by atoms with Crippen molar-refractivity contribution in [3.8, 4) is 0 Å². The number of nitrogens with zero attached hydrogens (tertiary/aromatic N) is 2. The molecule has 1 aliphatic rings. The molecule has 4 nitrogen and oxygen atoms in total. The van der Waals surface area contributed by atoms with Crippen LogP contribution in [0.25, 0.3) is 0 Å². The molecule has 0 amide bonds. The molecule has 0 unspecified atom stereocenters. The summed E-state index contributed by atoms with van der Waals surface area (Å²) in [6.07, 6.45) is 2.84. The van der Waals surface area contributed by atoms with E-state index in [9.17, 15) is 8.42 Å². The van der Waals surface area contributed by atoms with Crippen LogP contribution in [0.15, 0.2) is 58.9 Å². The minimum atomic E-state index is -3.57. The molecule has 4 rings (SSSR count). The minimum Gasteiger partial charge on any atom is -0.348 e. The molecular weight excluding hydrogens is 388 g/mol. The van der Waals surface area contributed by atoms with E-state index >= 15 is 0 Å². The normalized spacial score (nSPS) is 18.0. The molecule has 3 aromatic rings. The van der Waals surface area contributed by atoms with Gasteiger partial charge in [0.2, 0.25) is 0 Å². The van der Waals surface area contributed by atoms with E-state index in [0.717, 1.165) is 22.6 Å². The zero-order valence-corrected chi connectivity index (χ0v) is 16.7. The SMILES string of the molecule is CCc1ccc(S(=O)(=O)N2CCn3cccc3[C@@H]2c2ccc(Cl)cc2)s1. The van der Waals surface area contributed by atoms with Crippen LogP contribution in [0.3, 0.4) is 0 Å². The van der Waals surface area contributed by atoms with Crippen molar-refractivity contribution in [3.05, 3.63) is 75.9 Å². The van der Waals surface area contributed by atoms with Crippen LogP contribution < -0.4 is 0 Å². The first-order chi connectivity index (χ1) is 12.5. The van der Waals surface area contributed by atoms with Gasteiger partial charge in [-0.1, -0.05) is 30.7 Å². The van der Waals surface area contributed by atoms with E-state index in [-0.39, 0.29) is 6.04 Å². The van der Waals surface area contributed by atoms with Crippen LogP contribution in [0.4, 0.5) is 0 Å². The molecule has 26 heavy (non-hydrogen) atoms. The summed E-state index contributed by atoms with van der Waals surface area (Å²) < 4.78 is 31.0. The Labute approximate surface area is 162 Å². The number of aryl methyl sites for hydroxylation is 1. The number of hydrogen-bond donors (Lipinski definition) is 0. The molecule has 3 heterocycles. The van der Waals surface area contributed by atoms with E-state index in [4.69, 9.17) is 11.6 Å². The van der Waals surface area contributed by atoms with E-state index in [0.29, 0.717) is 22.3 Å². The third kappa shape index (κ3) is 3.01. The first-order valence-corrected chi connectivity index (χ1v) is 11.1. The topological polar surface area (TPSA) is 42.3 Å². The summed E-state index contributed by atoms with van der Waals surface area (Å²) in [7, 11) is -3.57. The van der Waals surface area contributed by atoms with Crippen molar-refractivity contribution in [1.82, 2.24) is 8.87 Å². The number of benzene rings is 1. The van der Waals surface area contributed by atoms with E-state index in [2.05, 4.69) is 4.57 Å². The average Bonchev–Trinajstić information content (AvgIpc) is 3.31. The number of hydrogen-bond acceptors (Lipinski definition) is 3. The first-order valence-electron chi connectivity index (χ1n) is 8.52. The lowest BCUT2D eigenvalue weighted by Gasteiger charge is -2.36. The highest BCUT2D eigenvalue weighted by atomic mass is 35.5. The molecule has 136 valence electrons. The Morgan fingerprint density at radius 3 is 2.58 bits per heavy atom. The van der Waals surface area contributed by atoms with E-state index in [1.54, 1.807) is 10.4 Å². The summed E-state index contributed by atoms with van der Waals surface area (Å²) >= 11 is 7.39. The van der Waals surface area contributed by atoms with Crippen molar-refractivity contribution in [2.75, 3.05) is 6.54 Å². The Morgan fingerprint density at radius 1 is 1.12 bits per heavy atom. The van der Waals surface area contributed by atoms with Crippen LogP contribution in [0.5, 0.6) is 0 Å². The Balaban J connectivity index is 1.82. The van der Waals surface area contributed by atoms with Crippen molar-refractivity contribution in [1.29, 1.82) is 0 Å². The Hall–Kier alpha value is -1.60. The molecule has 0 saturated heterocycles. The average molecular weight is 407 g/mol. The van der Waals surface area contributed by atoms with Crippen LogP contribution >= 0.6 is 22.9 Å². The molecule has 0 bridgehead atoms. The predicted molar refractivity (Wildman–Crippen MR) is 105 cm³/mol. The smallest absolute Gasteiger partial charge is 0.253 e. The molecule has 1 aromatic carbocycles. The second kappa shape index (κ2) is 6.85. The summed E-state index contributed by atoms with van der Waals surface area (Å²) in [5, 5.41) is 0.639. The second-order valence-corrected chi connectivity index (χ2v) is 9.99. The van der Waals surface area contributed by atoms with Gasteiger partial charge in [0.25, 0.3) is 10.0 Å². The molecule has 0 N–H and O–H groups in total. The van der Waals surface area contributed by atoms with Gasteiger partial charge in [0.05, 0.1) is 6.04 Å². The number of aromatic nitrogens is 1. The van der Waals surface area contributed by atoms with Gasteiger partial charge in [-0.15, -0.1) is 11.3 Å².